The van der Waals surface area contributed by atoms with Crippen molar-refractivity contribution in [3.63, 3.8) is 0 Å². The first-order valence-electron chi connectivity index (χ1n) is 7.46. The molecule has 0 aliphatic carbocycles. The molecule has 0 spiro atoms. The first kappa shape index (κ1) is 17.1. The Balaban J connectivity index is 2.07. The Hall–Kier alpha value is -2.28. The minimum absolute atomic E-state index is 0.118. The number of nitrogens with zero attached hydrogens (tertiary/aromatic N) is 2. The van der Waals surface area contributed by atoms with Crippen LogP contribution in [0.15, 0.2) is 18.2 Å². The van der Waals surface area contributed by atoms with E-state index in [9.17, 15) is 9.59 Å². The number of hydrogen-bond acceptors (Lipinski definition) is 5. The SMILES string of the molecule is COc1ccc(C(=O)N2CCN(C(C)C(=O)O)CC2)c(OC)c1. The fourth-order valence-corrected chi connectivity index (χ4v) is 2.61. The van der Waals surface area contributed by atoms with Gasteiger partial charge in [-0.25, -0.2) is 0 Å². The summed E-state index contributed by atoms with van der Waals surface area (Å²) in [5, 5.41) is 9.05. The number of carbonyl (C=O) groups excluding carboxylic acids is 1. The van der Waals surface area contributed by atoms with Crippen LogP contribution in [0.25, 0.3) is 0 Å². The second-order valence-electron chi connectivity index (χ2n) is 5.41. The van der Waals surface area contributed by atoms with Gasteiger partial charge in [-0.2, -0.15) is 0 Å². The zero-order valence-corrected chi connectivity index (χ0v) is 13.6. The Bertz CT molecular complexity index is 582. The van der Waals surface area contributed by atoms with Crippen LogP contribution in [0.3, 0.4) is 0 Å². The van der Waals surface area contributed by atoms with Gasteiger partial charge in [0.2, 0.25) is 0 Å². The number of carboxylic acids is 1. The summed E-state index contributed by atoms with van der Waals surface area (Å²) >= 11 is 0. The maximum absolute atomic E-state index is 12.7. The predicted octanol–water partition coefficient (Wildman–Crippen LogP) is 0.935. The minimum atomic E-state index is -0.846. The Morgan fingerprint density at radius 2 is 1.78 bits per heavy atom. The maximum atomic E-state index is 12.7. The molecule has 1 fully saturated rings. The van der Waals surface area contributed by atoms with Crippen LogP contribution in [0, 0.1) is 0 Å². The van der Waals surface area contributed by atoms with E-state index in [1.165, 1.54) is 7.11 Å². The van der Waals surface area contributed by atoms with E-state index < -0.39 is 12.0 Å². The van der Waals surface area contributed by atoms with Gasteiger partial charge in [0.25, 0.3) is 5.91 Å². The summed E-state index contributed by atoms with van der Waals surface area (Å²) < 4.78 is 10.4. The highest BCUT2D eigenvalue weighted by molar-refractivity contribution is 5.97. The molecule has 1 atom stereocenters. The Morgan fingerprint density at radius 3 is 2.30 bits per heavy atom. The molecule has 2 rings (SSSR count). The zero-order valence-electron chi connectivity index (χ0n) is 13.6. The van der Waals surface area contributed by atoms with E-state index in [4.69, 9.17) is 14.6 Å². The molecule has 1 aliphatic rings. The van der Waals surface area contributed by atoms with Gasteiger partial charge in [0.15, 0.2) is 0 Å². The molecule has 0 aromatic heterocycles. The molecule has 1 aromatic rings. The van der Waals surface area contributed by atoms with Crippen molar-refractivity contribution in [3.05, 3.63) is 23.8 Å². The van der Waals surface area contributed by atoms with Crippen molar-refractivity contribution < 1.29 is 24.2 Å². The summed E-state index contributed by atoms with van der Waals surface area (Å²) in [6.45, 7) is 3.72. The molecule has 0 saturated carbocycles. The van der Waals surface area contributed by atoms with Crippen molar-refractivity contribution in [2.24, 2.45) is 0 Å². The van der Waals surface area contributed by atoms with Gasteiger partial charge in [-0.15, -0.1) is 0 Å². The van der Waals surface area contributed by atoms with Gasteiger partial charge in [0, 0.05) is 32.2 Å². The number of carbonyl (C=O) groups is 2. The van der Waals surface area contributed by atoms with Gasteiger partial charge >= 0.3 is 5.97 Å². The molecule has 7 heteroatoms. The lowest BCUT2D eigenvalue weighted by molar-refractivity contribution is -0.143. The highest BCUT2D eigenvalue weighted by Crippen LogP contribution is 2.26. The number of ether oxygens (including phenoxy) is 2. The third kappa shape index (κ3) is 3.73. The number of benzene rings is 1. The van der Waals surface area contributed by atoms with Crippen molar-refractivity contribution in [1.29, 1.82) is 0 Å². The molecule has 0 bridgehead atoms. The topological polar surface area (TPSA) is 79.3 Å². The number of rotatable bonds is 5. The fraction of sp³-hybridized carbons (Fsp3) is 0.500. The highest BCUT2D eigenvalue weighted by atomic mass is 16.5. The maximum Gasteiger partial charge on any atom is 0.320 e. The lowest BCUT2D eigenvalue weighted by atomic mass is 10.1. The van der Waals surface area contributed by atoms with Crippen LogP contribution in [0.2, 0.25) is 0 Å². The summed E-state index contributed by atoms with van der Waals surface area (Å²) in [5.74, 6) is 0.128. The third-order valence-corrected chi connectivity index (χ3v) is 4.15. The number of methoxy groups -OCH3 is 2. The normalized spacial score (nSPS) is 16.7. The van der Waals surface area contributed by atoms with Crippen LogP contribution >= 0.6 is 0 Å². The van der Waals surface area contributed by atoms with E-state index in [0.29, 0.717) is 43.2 Å². The number of hydrogen-bond donors (Lipinski definition) is 1. The number of amides is 1. The van der Waals surface area contributed by atoms with Crippen molar-refractivity contribution in [2.45, 2.75) is 13.0 Å². The molecule has 1 N–H and O–H groups in total. The molecule has 1 amide bonds. The van der Waals surface area contributed by atoms with Gasteiger partial charge < -0.3 is 19.5 Å². The molecule has 1 aromatic carbocycles. The summed E-state index contributed by atoms with van der Waals surface area (Å²) in [7, 11) is 3.07. The molecule has 1 aliphatic heterocycles. The molecular weight excluding hydrogens is 300 g/mol. The second-order valence-corrected chi connectivity index (χ2v) is 5.41. The van der Waals surface area contributed by atoms with Gasteiger partial charge in [0.1, 0.15) is 17.5 Å². The highest BCUT2D eigenvalue weighted by Gasteiger charge is 2.28. The number of carboxylic acid groups (broad SMARTS) is 1. The smallest absolute Gasteiger partial charge is 0.320 e. The van der Waals surface area contributed by atoms with E-state index >= 15 is 0 Å². The number of piperazine rings is 1. The van der Waals surface area contributed by atoms with E-state index in [2.05, 4.69) is 0 Å². The van der Waals surface area contributed by atoms with Gasteiger partial charge in [0.05, 0.1) is 19.8 Å². The van der Waals surface area contributed by atoms with E-state index in [0.717, 1.165) is 0 Å². The van der Waals surface area contributed by atoms with Crippen molar-refractivity contribution in [2.75, 3.05) is 40.4 Å². The minimum Gasteiger partial charge on any atom is -0.497 e. The zero-order chi connectivity index (χ0) is 17.0. The molecule has 1 saturated heterocycles. The average Bonchev–Trinajstić information content (AvgIpc) is 2.59. The predicted molar refractivity (Wildman–Crippen MR) is 84.1 cm³/mol. The van der Waals surface area contributed by atoms with E-state index in [1.54, 1.807) is 37.1 Å². The lowest BCUT2D eigenvalue weighted by Crippen LogP contribution is -2.53. The van der Waals surface area contributed by atoms with Crippen molar-refractivity contribution in [3.8, 4) is 11.5 Å². The van der Waals surface area contributed by atoms with E-state index in [1.807, 2.05) is 4.90 Å². The van der Waals surface area contributed by atoms with Crippen LogP contribution in [0.4, 0.5) is 0 Å². The first-order valence-corrected chi connectivity index (χ1v) is 7.46. The standard InChI is InChI=1S/C16H22N2O5/c1-11(16(20)21)17-6-8-18(9-7-17)15(19)13-5-4-12(22-2)10-14(13)23-3/h4-5,10-11H,6-9H2,1-3H3,(H,20,21). The lowest BCUT2D eigenvalue weighted by Gasteiger charge is -2.36. The van der Waals surface area contributed by atoms with Gasteiger partial charge in [-0.05, 0) is 19.1 Å². The molecule has 23 heavy (non-hydrogen) atoms. The van der Waals surface area contributed by atoms with Gasteiger partial charge in [-0.3, -0.25) is 14.5 Å². The van der Waals surface area contributed by atoms with Crippen LogP contribution in [0.5, 0.6) is 11.5 Å². The second kappa shape index (κ2) is 7.32. The summed E-state index contributed by atoms with van der Waals surface area (Å²) in [6, 6.07) is 4.54. The van der Waals surface area contributed by atoms with Crippen molar-refractivity contribution in [1.82, 2.24) is 9.80 Å². The largest absolute Gasteiger partial charge is 0.497 e. The Labute approximate surface area is 135 Å². The molecule has 1 heterocycles. The monoisotopic (exact) mass is 322 g/mol. The van der Waals surface area contributed by atoms with E-state index in [-0.39, 0.29) is 5.91 Å². The summed E-state index contributed by atoms with van der Waals surface area (Å²) in [5.41, 5.74) is 0.480. The van der Waals surface area contributed by atoms with Crippen LogP contribution in [-0.2, 0) is 4.79 Å². The molecular formula is C16H22N2O5. The summed E-state index contributed by atoms with van der Waals surface area (Å²) in [4.78, 5) is 27.3. The Morgan fingerprint density at radius 1 is 1.13 bits per heavy atom. The average molecular weight is 322 g/mol. The third-order valence-electron chi connectivity index (χ3n) is 4.15. The molecule has 126 valence electrons. The van der Waals surface area contributed by atoms with Crippen LogP contribution in [-0.4, -0.2) is 73.2 Å². The molecule has 0 radical (unpaired) electrons. The summed E-state index contributed by atoms with van der Waals surface area (Å²) in [6.07, 6.45) is 0. The quantitative estimate of drug-likeness (QED) is 0.869. The molecule has 1 unspecified atom stereocenters. The van der Waals surface area contributed by atoms with Gasteiger partial charge in [-0.1, -0.05) is 0 Å². The Kier molecular flexibility index (Phi) is 5.44. The molecule has 7 nitrogen and oxygen atoms in total. The number of aliphatic carboxylic acids is 1. The van der Waals surface area contributed by atoms with Crippen molar-refractivity contribution >= 4 is 11.9 Å². The van der Waals surface area contributed by atoms with Crippen LogP contribution in [0.1, 0.15) is 17.3 Å². The first-order chi connectivity index (χ1) is 11.0. The van der Waals surface area contributed by atoms with Crippen LogP contribution < -0.4 is 9.47 Å². The fourth-order valence-electron chi connectivity index (χ4n) is 2.61.